The van der Waals surface area contributed by atoms with E-state index in [4.69, 9.17) is 14.3 Å². The van der Waals surface area contributed by atoms with Crippen molar-refractivity contribution in [2.24, 2.45) is 5.92 Å². The number of ether oxygens (including phenoxy) is 2. The molecule has 22 heteroatoms. The molecule has 1 amide bonds. The Bertz CT molecular complexity index is 2000. The standard InChI is InChI=1S/C33H24F6N4O12/c34-32(35,36)28(33(37,38)39)26(55-20-13-9-18(10-14-20)41-54-15-23-21(30(45)46)3-1-5-24(23)42(49)50)16-53-19-11-7-17(8-12-19)40-29(44)27-22(31(47)48)4-2-6-25(27)43(51)52/h1-14,26,28,41H,15-16H2,(H,40,44)(H,45,46)(H,47,48). The zero-order chi connectivity index (χ0) is 40.7. The van der Waals surface area contributed by atoms with Gasteiger partial charge in [-0.3, -0.25) is 35.3 Å². The molecule has 0 bridgehead atoms. The van der Waals surface area contributed by atoms with Gasteiger partial charge in [0.1, 0.15) is 30.3 Å². The second kappa shape index (κ2) is 16.8. The molecule has 0 aliphatic heterocycles. The van der Waals surface area contributed by atoms with Crippen molar-refractivity contribution in [1.29, 1.82) is 0 Å². The molecule has 0 aromatic heterocycles. The normalized spacial score (nSPS) is 12.1. The molecule has 4 aromatic carbocycles. The number of nitrogens with zero attached hydrogens (tertiary/aromatic N) is 2. The Morgan fingerprint density at radius 3 is 1.75 bits per heavy atom. The zero-order valence-electron chi connectivity index (χ0n) is 27.3. The molecule has 4 rings (SSSR count). The summed E-state index contributed by atoms with van der Waals surface area (Å²) in [5, 5.41) is 43.7. The largest absolute Gasteiger partial charge is 0.490 e. The van der Waals surface area contributed by atoms with E-state index in [9.17, 15) is 71.2 Å². The average Bonchev–Trinajstić information content (AvgIpc) is 3.10. The molecule has 55 heavy (non-hydrogen) atoms. The van der Waals surface area contributed by atoms with Crippen LogP contribution in [0.2, 0.25) is 0 Å². The summed E-state index contributed by atoms with van der Waals surface area (Å²) in [6.07, 6.45) is -14.4. The number of alkyl halides is 6. The first-order valence-electron chi connectivity index (χ1n) is 15.1. The summed E-state index contributed by atoms with van der Waals surface area (Å²) in [7, 11) is 0. The lowest BCUT2D eigenvalue weighted by molar-refractivity contribution is -0.386. The molecule has 1 atom stereocenters. The van der Waals surface area contributed by atoms with E-state index in [1.54, 1.807) is 0 Å². The summed E-state index contributed by atoms with van der Waals surface area (Å²) in [6.45, 7) is -1.96. The lowest BCUT2D eigenvalue weighted by Gasteiger charge is -2.31. The highest BCUT2D eigenvalue weighted by Gasteiger charge is 2.61. The molecule has 290 valence electrons. The Balaban J connectivity index is 1.47. The van der Waals surface area contributed by atoms with Gasteiger partial charge in [0.05, 0.1) is 32.2 Å². The van der Waals surface area contributed by atoms with Crippen molar-refractivity contribution in [3.63, 3.8) is 0 Å². The SMILES string of the molecule is O=C(O)c1cccc([N+](=O)[O-])c1CONc1ccc(OC(COc2ccc(NC(=O)c3c(C(=O)O)cccc3[N+](=O)[O-])cc2)C(C(F)(F)F)C(F)(F)F)cc1. The third-order valence-corrected chi connectivity index (χ3v) is 7.43. The molecule has 16 nitrogen and oxygen atoms in total. The van der Waals surface area contributed by atoms with E-state index in [-0.39, 0.29) is 22.7 Å². The highest BCUT2D eigenvalue weighted by Crippen LogP contribution is 2.43. The van der Waals surface area contributed by atoms with Crippen LogP contribution in [0.4, 0.5) is 49.1 Å². The molecular weight excluding hydrogens is 758 g/mol. The summed E-state index contributed by atoms with van der Waals surface area (Å²) >= 11 is 0. The molecule has 0 fully saturated rings. The van der Waals surface area contributed by atoms with Crippen LogP contribution < -0.4 is 20.3 Å². The topological polar surface area (TPSA) is 230 Å². The van der Waals surface area contributed by atoms with Gasteiger partial charge >= 0.3 is 24.3 Å². The van der Waals surface area contributed by atoms with Crippen molar-refractivity contribution in [1.82, 2.24) is 0 Å². The van der Waals surface area contributed by atoms with Gasteiger partial charge in [-0.25, -0.2) is 9.59 Å². The van der Waals surface area contributed by atoms with Crippen molar-refractivity contribution < 1.29 is 75.1 Å². The van der Waals surface area contributed by atoms with Crippen LogP contribution in [0.3, 0.4) is 0 Å². The van der Waals surface area contributed by atoms with Crippen molar-refractivity contribution in [2.75, 3.05) is 17.4 Å². The van der Waals surface area contributed by atoms with Gasteiger partial charge < -0.3 is 25.0 Å². The van der Waals surface area contributed by atoms with E-state index in [2.05, 4.69) is 10.8 Å². The summed E-state index contributed by atoms with van der Waals surface area (Å²) in [5.74, 6) is -9.15. The number of anilines is 2. The smallest absolute Gasteiger partial charge is 0.404 e. The van der Waals surface area contributed by atoms with Crippen LogP contribution in [-0.2, 0) is 11.4 Å². The van der Waals surface area contributed by atoms with Crippen molar-refractivity contribution in [3.8, 4) is 11.5 Å². The van der Waals surface area contributed by atoms with Gasteiger partial charge in [0, 0.05) is 17.8 Å². The maximum Gasteiger partial charge on any atom is 0.404 e. The first-order chi connectivity index (χ1) is 25.8. The summed E-state index contributed by atoms with van der Waals surface area (Å²) in [5.41, 5.74) is -1.32. The third kappa shape index (κ3) is 10.3. The Labute approximate surface area is 303 Å². The average molecular weight is 783 g/mol. The van der Waals surface area contributed by atoms with Crippen molar-refractivity contribution >= 4 is 40.6 Å². The predicted octanol–water partition coefficient (Wildman–Crippen LogP) is 7.26. The quantitative estimate of drug-likeness (QED) is 0.0499. The van der Waals surface area contributed by atoms with Crippen LogP contribution in [0, 0.1) is 26.1 Å². The molecule has 0 radical (unpaired) electrons. The van der Waals surface area contributed by atoms with E-state index in [0.717, 1.165) is 84.9 Å². The minimum Gasteiger partial charge on any atom is -0.490 e. The van der Waals surface area contributed by atoms with Gasteiger partial charge in [0.25, 0.3) is 17.3 Å². The van der Waals surface area contributed by atoms with Crippen molar-refractivity contribution in [2.45, 2.75) is 25.1 Å². The van der Waals surface area contributed by atoms with Gasteiger partial charge in [-0.05, 0) is 60.7 Å². The van der Waals surface area contributed by atoms with Crippen LogP contribution in [0.5, 0.6) is 11.5 Å². The maximum absolute atomic E-state index is 13.8. The second-order valence-electron chi connectivity index (χ2n) is 11.0. The van der Waals surface area contributed by atoms with E-state index in [1.807, 2.05) is 0 Å². The van der Waals surface area contributed by atoms with E-state index in [1.165, 1.54) is 0 Å². The lowest BCUT2D eigenvalue weighted by Crippen LogP contribution is -2.49. The van der Waals surface area contributed by atoms with Gasteiger partial charge in [-0.2, -0.15) is 26.3 Å². The van der Waals surface area contributed by atoms with Gasteiger partial charge in [-0.15, -0.1) is 0 Å². The van der Waals surface area contributed by atoms with Crippen molar-refractivity contribution in [3.05, 3.63) is 127 Å². The minimum atomic E-state index is -5.86. The molecule has 0 aliphatic rings. The number of carbonyl (C=O) groups excluding carboxylic acids is 1. The number of rotatable bonds is 16. The number of halogens is 6. The van der Waals surface area contributed by atoms with E-state index >= 15 is 0 Å². The molecule has 4 aromatic rings. The molecule has 0 heterocycles. The zero-order valence-corrected chi connectivity index (χ0v) is 27.3. The molecule has 0 spiro atoms. The van der Waals surface area contributed by atoms with Gasteiger partial charge in [0.2, 0.25) is 0 Å². The molecule has 0 saturated carbocycles. The number of carboxylic acids is 2. The first kappa shape index (κ1) is 40.8. The number of carbonyl (C=O) groups is 3. The number of nitrogens with one attached hydrogen (secondary N) is 2. The minimum absolute atomic E-state index is 0.0343. The molecule has 1 unspecified atom stereocenters. The number of hydrogen-bond acceptors (Lipinski definition) is 11. The summed E-state index contributed by atoms with van der Waals surface area (Å²) < 4.78 is 93.0. The van der Waals surface area contributed by atoms with Crippen LogP contribution in [0.1, 0.15) is 36.6 Å². The third-order valence-electron chi connectivity index (χ3n) is 7.43. The Hall–Kier alpha value is -6.97. The maximum atomic E-state index is 13.8. The number of nitro groups is 2. The van der Waals surface area contributed by atoms with Crippen LogP contribution in [-0.4, -0.2) is 63.0 Å². The number of aromatic carboxylic acids is 2. The van der Waals surface area contributed by atoms with Crippen LogP contribution in [0.25, 0.3) is 0 Å². The highest BCUT2D eigenvalue weighted by molar-refractivity contribution is 6.13. The van der Waals surface area contributed by atoms with Gasteiger partial charge in [-0.1, -0.05) is 12.1 Å². The Kier molecular flexibility index (Phi) is 12.5. The fraction of sp³-hybridized carbons (Fsp3) is 0.182. The first-order valence-corrected chi connectivity index (χ1v) is 15.1. The number of benzene rings is 4. The number of nitro benzene ring substituents is 2. The highest BCUT2D eigenvalue weighted by atomic mass is 19.4. The van der Waals surface area contributed by atoms with Gasteiger partial charge in [0.15, 0.2) is 12.0 Å². The van der Waals surface area contributed by atoms with Crippen LogP contribution >= 0.6 is 0 Å². The Morgan fingerprint density at radius 1 is 0.709 bits per heavy atom. The fourth-order valence-electron chi connectivity index (χ4n) is 4.99. The number of hydrogen-bond donors (Lipinski definition) is 4. The van der Waals surface area contributed by atoms with E-state index < -0.39 is 99.1 Å². The number of amides is 1. The number of carboxylic acid groups (broad SMARTS) is 2. The molecule has 4 N–H and O–H groups in total. The second-order valence-corrected chi connectivity index (χ2v) is 11.0. The van der Waals surface area contributed by atoms with Crippen LogP contribution in [0.15, 0.2) is 84.9 Å². The molecule has 0 aliphatic carbocycles. The lowest BCUT2D eigenvalue weighted by atomic mass is 10.0. The molecular formula is C33H24F6N4O12. The molecule has 0 saturated heterocycles. The Morgan fingerprint density at radius 2 is 1.22 bits per heavy atom. The van der Waals surface area contributed by atoms with E-state index in [0.29, 0.717) is 0 Å². The summed E-state index contributed by atoms with van der Waals surface area (Å²) in [6, 6.07) is 14.6. The summed E-state index contributed by atoms with van der Waals surface area (Å²) in [4.78, 5) is 61.9. The monoisotopic (exact) mass is 782 g/mol. The predicted molar refractivity (Wildman–Crippen MR) is 175 cm³/mol. The fourth-order valence-corrected chi connectivity index (χ4v) is 4.99.